The number of fused-ring (bicyclic) bond motifs is 2. The molecule has 0 aliphatic heterocycles. The molecule has 0 radical (unpaired) electrons. The van der Waals surface area contributed by atoms with Crippen molar-refractivity contribution in [2.24, 2.45) is 0 Å². The number of pyridine rings is 1. The van der Waals surface area contributed by atoms with Gasteiger partial charge in [0.15, 0.2) is 0 Å². The second-order valence-electron chi connectivity index (χ2n) is 5.93. The largest absolute Gasteiger partial charge is 0.508 e. The molecule has 3 aromatic rings. The third-order valence-electron chi connectivity index (χ3n) is 3.80. The summed E-state index contributed by atoms with van der Waals surface area (Å²) in [6.45, 7) is 1.87. The van der Waals surface area contributed by atoms with Gasteiger partial charge in [0.05, 0.1) is 16.7 Å². The van der Waals surface area contributed by atoms with Crippen LogP contribution in [0.3, 0.4) is 0 Å². The number of phenols is 1. The number of aromatic hydroxyl groups is 1. The first kappa shape index (κ1) is 21.6. The van der Waals surface area contributed by atoms with Gasteiger partial charge in [-0.15, -0.1) is 24.8 Å². The third kappa shape index (κ3) is 5.02. The average Bonchev–Trinajstić information content (AvgIpc) is 2.50. The molecule has 3 rings (SSSR count). The lowest BCUT2D eigenvalue weighted by atomic mass is 10.1. The van der Waals surface area contributed by atoms with Gasteiger partial charge < -0.3 is 15.3 Å². The molecule has 0 spiro atoms. The molecule has 25 heavy (non-hydrogen) atoms. The van der Waals surface area contributed by atoms with Crippen LogP contribution in [0.2, 0.25) is 5.02 Å². The van der Waals surface area contributed by atoms with E-state index in [4.69, 9.17) is 11.6 Å². The first-order valence-electron chi connectivity index (χ1n) is 7.65. The maximum atomic E-state index is 9.83. The van der Waals surface area contributed by atoms with Crippen molar-refractivity contribution in [3.05, 3.63) is 41.4 Å². The minimum Gasteiger partial charge on any atom is -0.508 e. The lowest BCUT2D eigenvalue weighted by Gasteiger charge is -2.15. The third-order valence-corrected chi connectivity index (χ3v) is 4.04. The number of aromatic nitrogens is 1. The van der Waals surface area contributed by atoms with Gasteiger partial charge in [-0.05, 0) is 63.5 Å². The van der Waals surface area contributed by atoms with Gasteiger partial charge in [-0.1, -0.05) is 11.6 Å². The summed E-state index contributed by atoms with van der Waals surface area (Å²) in [6.07, 6.45) is 1.03. The number of nitrogens with zero attached hydrogens (tertiary/aromatic N) is 2. The number of phenolic OH excluding ortho intramolecular Hbond substituents is 1. The van der Waals surface area contributed by atoms with Crippen LogP contribution in [-0.2, 0) is 0 Å². The molecule has 0 atom stereocenters. The molecule has 0 saturated heterocycles. The predicted octanol–water partition coefficient (Wildman–Crippen LogP) is 4.95. The SMILES string of the molecule is CN(C)CCCNc1c2ccc(Cl)cc2nc2ccc(O)cc12.Cl.Cl. The average molecular weight is 403 g/mol. The van der Waals surface area contributed by atoms with Crippen molar-refractivity contribution < 1.29 is 5.11 Å². The van der Waals surface area contributed by atoms with Crippen molar-refractivity contribution in [1.82, 2.24) is 9.88 Å². The molecule has 0 aliphatic carbocycles. The van der Waals surface area contributed by atoms with Gasteiger partial charge in [-0.3, -0.25) is 0 Å². The summed E-state index contributed by atoms with van der Waals surface area (Å²) < 4.78 is 0. The van der Waals surface area contributed by atoms with Crippen molar-refractivity contribution in [1.29, 1.82) is 0 Å². The quantitative estimate of drug-likeness (QED) is 0.468. The van der Waals surface area contributed by atoms with E-state index in [2.05, 4.69) is 29.3 Å². The van der Waals surface area contributed by atoms with Crippen LogP contribution in [0.15, 0.2) is 36.4 Å². The summed E-state index contributed by atoms with van der Waals surface area (Å²) in [4.78, 5) is 6.82. The van der Waals surface area contributed by atoms with Gasteiger partial charge in [0.2, 0.25) is 0 Å². The summed E-state index contributed by atoms with van der Waals surface area (Å²) in [5, 5.41) is 15.9. The Balaban J connectivity index is 0.00000156. The minimum absolute atomic E-state index is 0. The highest BCUT2D eigenvalue weighted by Crippen LogP contribution is 2.33. The molecule has 2 aromatic carbocycles. The summed E-state index contributed by atoms with van der Waals surface area (Å²) in [6, 6.07) is 10.9. The first-order valence-corrected chi connectivity index (χ1v) is 8.03. The zero-order valence-electron chi connectivity index (χ0n) is 14.1. The highest BCUT2D eigenvalue weighted by Gasteiger charge is 2.10. The van der Waals surface area contributed by atoms with Crippen LogP contribution in [0, 0.1) is 0 Å². The van der Waals surface area contributed by atoms with Crippen molar-refractivity contribution in [2.75, 3.05) is 32.5 Å². The Bertz CT molecular complexity index is 856. The monoisotopic (exact) mass is 401 g/mol. The van der Waals surface area contributed by atoms with E-state index in [1.165, 1.54) is 0 Å². The molecule has 0 unspecified atom stereocenters. The van der Waals surface area contributed by atoms with Crippen LogP contribution in [0.1, 0.15) is 6.42 Å². The number of hydrogen-bond acceptors (Lipinski definition) is 4. The number of nitrogens with one attached hydrogen (secondary N) is 1. The fourth-order valence-electron chi connectivity index (χ4n) is 2.70. The van der Waals surface area contributed by atoms with Crippen LogP contribution in [0.25, 0.3) is 21.8 Å². The standard InChI is InChI=1S/C18H20ClN3O.2ClH/c1-22(2)9-3-8-20-18-14-6-4-12(19)10-17(14)21-16-7-5-13(23)11-15(16)18;;/h4-7,10-11,23H,3,8-9H2,1-2H3,(H,20,21);2*1H. The Hall–Kier alpha value is -1.46. The zero-order valence-corrected chi connectivity index (χ0v) is 16.5. The van der Waals surface area contributed by atoms with E-state index in [0.29, 0.717) is 5.02 Å². The molecular weight excluding hydrogens is 381 g/mol. The van der Waals surface area contributed by atoms with Crippen LogP contribution in [-0.4, -0.2) is 42.2 Å². The Kier molecular flexibility index (Phi) is 8.03. The van der Waals surface area contributed by atoms with E-state index in [-0.39, 0.29) is 30.6 Å². The molecule has 1 aromatic heterocycles. The molecule has 1 heterocycles. The molecule has 7 heteroatoms. The summed E-state index contributed by atoms with van der Waals surface area (Å²) in [7, 11) is 4.13. The van der Waals surface area contributed by atoms with Crippen molar-refractivity contribution in [3.8, 4) is 5.75 Å². The predicted molar refractivity (Wildman–Crippen MR) is 112 cm³/mol. The number of hydrogen-bond donors (Lipinski definition) is 2. The molecule has 4 nitrogen and oxygen atoms in total. The van der Waals surface area contributed by atoms with Crippen LogP contribution in [0.5, 0.6) is 5.75 Å². The van der Waals surface area contributed by atoms with E-state index in [1.54, 1.807) is 12.1 Å². The lowest BCUT2D eigenvalue weighted by molar-refractivity contribution is 0.405. The first-order chi connectivity index (χ1) is 11.0. The van der Waals surface area contributed by atoms with Crippen LogP contribution >= 0.6 is 36.4 Å². The maximum Gasteiger partial charge on any atom is 0.116 e. The van der Waals surface area contributed by atoms with Gasteiger partial charge in [-0.2, -0.15) is 0 Å². The molecule has 0 amide bonds. The van der Waals surface area contributed by atoms with E-state index >= 15 is 0 Å². The highest BCUT2D eigenvalue weighted by atomic mass is 35.5. The summed E-state index contributed by atoms with van der Waals surface area (Å²) in [5.74, 6) is 0.240. The van der Waals surface area contributed by atoms with E-state index in [9.17, 15) is 5.11 Å². The van der Waals surface area contributed by atoms with Crippen molar-refractivity contribution in [2.45, 2.75) is 6.42 Å². The second kappa shape index (κ2) is 9.30. The van der Waals surface area contributed by atoms with Gasteiger partial charge in [0.1, 0.15) is 5.75 Å². The number of anilines is 1. The van der Waals surface area contributed by atoms with Crippen LogP contribution < -0.4 is 5.32 Å². The smallest absolute Gasteiger partial charge is 0.116 e. The second-order valence-corrected chi connectivity index (χ2v) is 6.37. The molecule has 0 bridgehead atoms. The number of rotatable bonds is 5. The van der Waals surface area contributed by atoms with Gasteiger partial charge in [-0.25, -0.2) is 4.98 Å². The van der Waals surface area contributed by atoms with Crippen molar-refractivity contribution >= 4 is 63.9 Å². The normalized spacial score (nSPS) is 10.6. The van der Waals surface area contributed by atoms with E-state index in [0.717, 1.165) is 47.0 Å². The number of halogens is 3. The Morgan fingerprint density at radius 1 is 1.04 bits per heavy atom. The molecular formula is C18H22Cl3N3O. The fraction of sp³-hybridized carbons (Fsp3) is 0.278. The molecule has 0 saturated carbocycles. The Morgan fingerprint density at radius 2 is 1.80 bits per heavy atom. The fourth-order valence-corrected chi connectivity index (χ4v) is 2.87. The van der Waals surface area contributed by atoms with Gasteiger partial charge in [0.25, 0.3) is 0 Å². The minimum atomic E-state index is 0. The highest BCUT2D eigenvalue weighted by molar-refractivity contribution is 6.31. The maximum absolute atomic E-state index is 9.83. The summed E-state index contributed by atoms with van der Waals surface area (Å²) >= 11 is 6.10. The number of benzene rings is 2. The summed E-state index contributed by atoms with van der Waals surface area (Å²) in [5.41, 5.74) is 2.69. The topological polar surface area (TPSA) is 48.4 Å². The molecule has 0 fully saturated rings. The molecule has 136 valence electrons. The van der Waals surface area contributed by atoms with E-state index in [1.807, 2.05) is 24.3 Å². The molecule has 0 aliphatic rings. The van der Waals surface area contributed by atoms with E-state index < -0.39 is 0 Å². The lowest BCUT2D eigenvalue weighted by Crippen LogP contribution is -2.16. The molecule has 2 N–H and O–H groups in total. The zero-order chi connectivity index (χ0) is 16.4. The van der Waals surface area contributed by atoms with Gasteiger partial charge >= 0.3 is 0 Å². The Labute approximate surface area is 165 Å². The van der Waals surface area contributed by atoms with Crippen LogP contribution in [0.4, 0.5) is 5.69 Å². The van der Waals surface area contributed by atoms with Crippen molar-refractivity contribution in [3.63, 3.8) is 0 Å². The van der Waals surface area contributed by atoms with Gasteiger partial charge in [0, 0.05) is 22.3 Å². The Morgan fingerprint density at radius 3 is 2.52 bits per heavy atom.